The highest BCUT2D eigenvalue weighted by atomic mass is 16.5. The van der Waals surface area contributed by atoms with Crippen molar-refractivity contribution in [1.82, 2.24) is 5.32 Å². The lowest BCUT2D eigenvalue weighted by Crippen LogP contribution is -2.24. The van der Waals surface area contributed by atoms with Gasteiger partial charge < -0.3 is 15.8 Å². The van der Waals surface area contributed by atoms with Gasteiger partial charge in [-0.3, -0.25) is 0 Å². The van der Waals surface area contributed by atoms with E-state index in [-0.39, 0.29) is 6.54 Å². The van der Waals surface area contributed by atoms with Crippen molar-refractivity contribution in [2.24, 2.45) is 5.73 Å². The van der Waals surface area contributed by atoms with E-state index in [1.54, 1.807) is 0 Å². The average Bonchev–Trinajstić information content (AvgIpc) is 2.06. The third-order valence-electron chi connectivity index (χ3n) is 1.15. The average molecular weight is 170 g/mol. The number of amides is 1. The van der Waals surface area contributed by atoms with Crippen LogP contribution in [0.5, 0.6) is 0 Å². The van der Waals surface area contributed by atoms with E-state index in [1.807, 2.05) is 6.92 Å². The van der Waals surface area contributed by atoms with Crippen LogP contribution in [0, 0.1) is 12.0 Å². The molecule has 0 aromatic carbocycles. The number of ether oxygens (including phenoxy) is 1. The highest BCUT2D eigenvalue weighted by Crippen LogP contribution is 1.87. The molecule has 3 N–H and O–H groups in total. The number of carbonyl (C=O) groups is 1. The standard InChI is InChI=1S/C8H14N2O2/c1-2-3-7-12-8(11)10-6-4-5-9/h2-3,6-7,9H2,1H3,(H,10,11). The number of nitrogens with one attached hydrogen (secondary N) is 1. The third kappa shape index (κ3) is 6.75. The minimum atomic E-state index is -0.439. The fraction of sp³-hybridized carbons (Fsp3) is 0.625. The molecule has 0 spiro atoms. The molecule has 0 aromatic rings. The van der Waals surface area contributed by atoms with Gasteiger partial charge in [0.15, 0.2) is 0 Å². The fourth-order valence-corrected chi connectivity index (χ4v) is 0.528. The molecule has 1 amide bonds. The van der Waals surface area contributed by atoms with E-state index in [2.05, 4.69) is 17.3 Å². The number of rotatable bonds is 4. The Hall–Kier alpha value is -1.37. The highest BCUT2D eigenvalue weighted by molar-refractivity contribution is 5.67. The van der Waals surface area contributed by atoms with Gasteiger partial charge in [0.2, 0.25) is 0 Å². The van der Waals surface area contributed by atoms with Crippen LogP contribution >= 0.6 is 0 Å². The van der Waals surface area contributed by atoms with E-state index in [0.717, 1.165) is 12.8 Å². The Morgan fingerprint density at radius 3 is 3.00 bits per heavy atom. The molecule has 0 fully saturated rings. The van der Waals surface area contributed by atoms with Gasteiger partial charge >= 0.3 is 6.09 Å². The molecule has 4 nitrogen and oxygen atoms in total. The molecular weight excluding hydrogens is 156 g/mol. The first-order chi connectivity index (χ1) is 5.81. The number of hydrogen-bond acceptors (Lipinski definition) is 3. The zero-order chi connectivity index (χ0) is 9.23. The van der Waals surface area contributed by atoms with E-state index >= 15 is 0 Å². The first-order valence-corrected chi connectivity index (χ1v) is 3.90. The molecule has 0 radical (unpaired) electrons. The number of alkyl carbamates (subject to hydrolysis) is 1. The summed E-state index contributed by atoms with van der Waals surface area (Å²) in [5, 5.41) is 2.43. The van der Waals surface area contributed by atoms with Crippen LogP contribution in [0.25, 0.3) is 0 Å². The second-order valence-corrected chi connectivity index (χ2v) is 2.16. The minimum Gasteiger partial charge on any atom is -0.450 e. The Morgan fingerprint density at radius 1 is 1.67 bits per heavy atom. The second kappa shape index (κ2) is 7.73. The Kier molecular flexibility index (Phi) is 6.85. The van der Waals surface area contributed by atoms with E-state index in [4.69, 9.17) is 10.5 Å². The summed E-state index contributed by atoms with van der Waals surface area (Å²) in [6.45, 7) is 2.72. The van der Waals surface area contributed by atoms with Crippen LogP contribution in [-0.2, 0) is 4.74 Å². The summed E-state index contributed by atoms with van der Waals surface area (Å²) < 4.78 is 4.77. The predicted octanol–water partition coefficient (Wildman–Crippen LogP) is 0.432. The number of hydrogen-bond donors (Lipinski definition) is 2. The van der Waals surface area contributed by atoms with Gasteiger partial charge in [-0.15, -0.1) is 0 Å². The van der Waals surface area contributed by atoms with Crippen LogP contribution in [0.2, 0.25) is 0 Å². The van der Waals surface area contributed by atoms with Gasteiger partial charge in [0.25, 0.3) is 0 Å². The first-order valence-electron chi connectivity index (χ1n) is 3.90. The highest BCUT2D eigenvalue weighted by Gasteiger charge is 1.97. The van der Waals surface area contributed by atoms with Crippen molar-refractivity contribution in [3.63, 3.8) is 0 Å². The number of unbranched alkanes of at least 4 members (excludes halogenated alkanes) is 1. The molecule has 4 heteroatoms. The van der Waals surface area contributed by atoms with Gasteiger partial charge in [-0.25, -0.2) is 4.79 Å². The minimum absolute atomic E-state index is 0.238. The van der Waals surface area contributed by atoms with Crippen molar-refractivity contribution in [3.05, 3.63) is 0 Å². The van der Waals surface area contributed by atoms with Gasteiger partial charge in [0, 0.05) is 6.04 Å². The Labute approximate surface area is 72.5 Å². The largest absolute Gasteiger partial charge is 0.450 e. The van der Waals surface area contributed by atoms with Gasteiger partial charge in [0.05, 0.1) is 13.2 Å². The van der Waals surface area contributed by atoms with Gasteiger partial charge in [-0.05, 0) is 6.42 Å². The van der Waals surface area contributed by atoms with Crippen molar-refractivity contribution in [2.75, 3.05) is 13.2 Å². The smallest absolute Gasteiger partial charge is 0.407 e. The molecule has 0 bridgehead atoms. The molecule has 68 valence electrons. The van der Waals surface area contributed by atoms with E-state index in [0.29, 0.717) is 6.61 Å². The van der Waals surface area contributed by atoms with Crippen LogP contribution in [0.1, 0.15) is 19.8 Å². The lowest BCUT2D eigenvalue weighted by Gasteiger charge is -2.02. The third-order valence-corrected chi connectivity index (χ3v) is 1.15. The normalized spacial score (nSPS) is 8.08. The monoisotopic (exact) mass is 170 g/mol. The maximum atomic E-state index is 10.8. The van der Waals surface area contributed by atoms with Crippen molar-refractivity contribution in [1.29, 1.82) is 0 Å². The first kappa shape index (κ1) is 10.6. The molecule has 0 atom stereocenters. The fourth-order valence-electron chi connectivity index (χ4n) is 0.528. The molecule has 12 heavy (non-hydrogen) atoms. The van der Waals surface area contributed by atoms with Gasteiger partial charge in [-0.2, -0.15) is 0 Å². The van der Waals surface area contributed by atoms with Crippen molar-refractivity contribution < 1.29 is 9.53 Å². The van der Waals surface area contributed by atoms with Crippen LogP contribution in [0.3, 0.4) is 0 Å². The van der Waals surface area contributed by atoms with Crippen LogP contribution in [0.4, 0.5) is 4.79 Å². The maximum absolute atomic E-state index is 10.8. The van der Waals surface area contributed by atoms with E-state index in [1.165, 1.54) is 0 Å². The van der Waals surface area contributed by atoms with Gasteiger partial charge in [0.1, 0.15) is 0 Å². The zero-order valence-corrected chi connectivity index (χ0v) is 7.22. The Bertz CT molecular complexity index is 181. The SMILES string of the molecule is CCCCOC(=O)NCC#CN. The summed E-state index contributed by atoms with van der Waals surface area (Å²) >= 11 is 0. The lowest BCUT2D eigenvalue weighted by molar-refractivity contribution is 0.146. The molecule has 0 aliphatic carbocycles. The molecule has 0 heterocycles. The number of carbonyl (C=O) groups excluding carboxylic acids is 1. The van der Waals surface area contributed by atoms with Crippen LogP contribution in [-0.4, -0.2) is 19.2 Å². The molecular formula is C8H14N2O2. The summed E-state index contributed by atoms with van der Waals surface area (Å²) in [7, 11) is 0. The summed E-state index contributed by atoms with van der Waals surface area (Å²) in [4.78, 5) is 10.8. The van der Waals surface area contributed by atoms with Crippen molar-refractivity contribution in [3.8, 4) is 12.0 Å². The summed E-state index contributed by atoms with van der Waals surface area (Å²) in [6, 6.07) is 2.17. The molecule has 0 saturated carbocycles. The van der Waals surface area contributed by atoms with E-state index < -0.39 is 6.09 Å². The molecule has 0 aliphatic rings. The van der Waals surface area contributed by atoms with Crippen molar-refractivity contribution in [2.45, 2.75) is 19.8 Å². The number of nitrogens with two attached hydrogens (primary N) is 1. The maximum Gasteiger partial charge on any atom is 0.407 e. The Balaban J connectivity index is 3.25. The van der Waals surface area contributed by atoms with Crippen LogP contribution in [0.15, 0.2) is 0 Å². The summed E-state index contributed by atoms with van der Waals surface area (Å²) in [5.41, 5.74) is 4.88. The second-order valence-electron chi connectivity index (χ2n) is 2.16. The molecule has 0 unspecified atom stereocenters. The van der Waals surface area contributed by atoms with Crippen LogP contribution < -0.4 is 11.1 Å². The molecule has 0 aromatic heterocycles. The topological polar surface area (TPSA) is 64.3 Å². The van der Waals surface area contributed by atoms with Gasteiger partial charge in [-0.1, -0.05) is 19.3 Å². The molecule has 0 rings (SSSR count). The molecule has 0 aliphatic heterocycles. The summed E-state index contributed by atoms with van der Waals surface area (Å²) in [6.07, 6.45) is 1.46. The summed E-state index contributed by atoms with van der Waals surface area (Å²) in [5.74, 6) is 2.49. The lowest BCUT2D eigenvalue weighted by atomic mass is 10.4. The zero-order valence-electron chi connectivity index (χ0n) is 7.22. The Morgan fingerprint density at radius 2 is 2.42 bits per heavy atom. The van der Waals surface area contributed by atoms with Crippen molar-refractivity contribution >= 4 is 6.09 Å². The molecule has 0 saturated heterocycles. The quantitative estimate of drug-likeness (QED) is 0.365. The predicted molar refractivity (Wildman–Crippen MR) is 46.2 cm³/mol. The van der Waals surface area contributed by atoms with E-state index in [9.17, 15) is 4.79 Å².